The summed E-state index contributed by atoms with van der Waals surface area (Å²) < 4.78 is 0. The highest BCUT2D eigenvalue weighted by atomic mass is 14.2. The highest BCUT2D eigenvalue weighted by molar-refractivity contribution is 5.87. The Kier molecular flexibility index (Phi) is 11.3. The zero-order chi connectivity index (χ0) is 43.2. The van der Waals surface area contributed by atoms with Crippen LogP contribution in [0.15, 0.2) is 158 Å². The Hall–Kier alpha value is -5.72. The summed E-state index contributed by atoms with van der Waals surface area (Å²) in [6.45, 7) is 31.6. The fraction of sp³-hybridized carbons (Fsp3) is 0.267. The lowest BCUT2D eigenvalue weighted by Crippen LogP contribution is -2.10. The van der Waals surface area contributed by atoms with Crippen LogP contribution in [0, 0.1) is 0 Å². The second kappa shape index (κ2) is 16.0. The summed E-state index contributed by atoms with van der Waals surface area (Å²) in [5.74, 6) is 0. The molecule has 7 rings (SSSR count). The molecular weight excluding hydrogens is 721 g/mol. The molecule has 0 aromatic heterocycles. The van der Waals surface area contributed by atoms with E-state index in [1.165, 1.54) is 89.0 Å². The molecule has 304 valence electrons. The lowest BCUT2D eigenvalue weighted by atomic mass is 9.84. The topological polar surface area (TPSA) is 0 Å². The standard InChI is InChI=1S/C60H64/c1-14-40-31-45(51-36-47(41-15-23-53(24-16-41)57(2,3)4)34-48(37-51)42-17-25-54(26-18-42)58(5,6)7)33-46(32-40)52-38-49(43-19-27-55(28-20-43)59(8,9)10)35-50(39-52)44-21-29-56(30-22-44)60(11,12)13/h14-39H,1H2,2-13H3. The largest absolute Gasteiger partial charge is 0.0985 e. The molecule has 60 heavy (non-hydrogen) atoms. The number of rotatable bonds is 7. The van der Waals surface area contributed by atoms with Gasteiger partial charge in [0.1, 0.15) is 0 Å². The van der Waals surface area contributed by atoms with Crippen LogP contribution in [0.5, 0.6) is 0 Å². The summed E-state index contributed by atoms with van der Waals surface area (Å²) >= 11 is 0. The van der Waals surface area contributed by atoms with E-state index in [4.69, 9.17) is 0 Å². The Labute approximate surface area is 362 Å². The smallest absolute Gasteiger partial charge is 0.0132 e. The average Bonchev–Trinajstić information content (AvgIpc) is 3.22. The number of hydrogen-bond acceptors (Lipinski definition) is 0. The normalized spacial score (nSPS) is 12.4. The lowest BCUT2D eigenvalue weighted by molar-refractivity contribution is 0.590. The van der Waals surface area contributed by atoms with Gasteiger partial charge in [0.2, 0.25) is 0 Å². The maximum absolute atomic E-state index is 4.27. The SMILES string of the molecule is C=Cc1cc(-c2cc(-c3ccc(C(C)(C)C)cc3)cc(-c3ccc(C(C)(C)C)cc3)c2)cc(-c2cc(-c3ccc(C(C)(C)C)cc3)cc(-c3ccc(C(C)(C)C)cc3)c2)c1. The molecule has 0 unspecified atom stereocenters. The fourth-order valence-corrected chi connectivity index (χ4v) is 8.01. The first-order chi connectivity index (χ1) is 28.2. The maximum atomic E-state index is 4.27. The molecule has 0 aliphatic rings. The molecular formula is C60H64. The summed E-state index contributed by atoms with van der Waals surface area (Å²) in [6.07, 6.45) is 1.98. The highest BCUT2D eigenvalue weighted by Gasteiger charge is 2.19. The van der Waals surface area contributed by atoms with Crippen LogP contribution in [0.1, 0.15) is 111 Å². The van der Waals surface area contributed by atoms with Crippen molar-refractivity contribution in [3.63, 3.8) is 0 Å². The molecule has 0 bridgehead atoms. The van der Waals surface area contributed by atoms with Gasteiger partial charge in [-0.2, -0.15) is 0 Å². The summed E-state index contributed by atoms with van der Waals surface area (Å²) in [6, 6.07) is 57.7. The van der Waals surface area contributed by atoms with Gasteiger partial charge in [0, 0.05) is 0 Å². The minimum absolute atomic E-state index is 0.0881. The van der Waals surface area contributed by atoms with Crippen molar-refractivity contribution in [1.82, 2.24) is 0 Å². The van der Waals surface area contributed by atoms with Crippen molar-refractivity contribution in [2.75, 3.05) is 0 Å². The quantitative estimate of drug-likeness (QED) is 0.151. The molecule has 0 amide bonds. The van der Waals surface area contributed by atoms with Gasteiger partial charge < -0.3 is 0 Å². The number of benzene rings is 7. The molecule has 0 atom stereocenters. The molecule has 0 spiro atoms. The summed E-state index contributed by atoms with van der Waals surface area (Å²) in [5.41, 5.74) is 21.1. The molecule has 0 aliphatic carbocycles. The molecule has 0 heteroatoms. The molecule has 0 heterocycles. The molecule has 0 radical (unpaired) electrons. The van der Waals surface area contributed by atoms with Crippen molar-refractivity contribution >= 4 is 6.08 Å². The van der Waals surface area contributed by atoms with Gasteiger partial charge in [-0.15, -0.1) is 0 Å². The molecule has 0 saturated carbocycles. The molecule has 0 fully saturated rings. The van der Waals surface area contributed by atoms with Crippen LogP contribution in [0.4, 0.5) is 0 Å². The molecule has 0 saturated heterocycles. The first kappa shape index (κ1) is 42.4. The van der Waals surface area contributed by atoms with Crippen LogP contribution >= 0.6 is 0 Å². The Morgan fingerprint density at radius 3 is 0.583 bits per heavy atom. The van der Waals surface area contributed by atoms with Crippen molar-refractivity contribution in [2.45, 2.75) is 105 Å². The van der Waals surface area contributed by atoms with Gasteiger partial charge in [0.25, 0.3) is 0 Å². The fourth-order valence-electron chi connectivity index (χ4n) is 8.01. The zero-order valence-corrected chi connectivity index (χ0v) is 38.2. The van der Waals surface area contributed by atoms with Crippen LogP contribution in [-0.2, 0) is 21.7 Å². The first-order valence-corrected chi connectivity index (χ1v) is 21.7. The third-order valence-corrected chi connectivity index (χ3v) is 12.1. The summed E-state index contributed by atoms with van der Waals surface area (Å²) in [5, 5.41) is 0. The minimum atomic E-state index is 0.0881. The summed E-state index contributed by atoms with van der Waals surface area (Å²) in [7, 11) is 0. The van der Waals surface area contributed by atoms with Gasteiger partial charge in [0.05, 0.1) is 0 Å². The minimum Gasteiger partial charge on any atom is -0.0985 e. The Morgan fingerprint density at radius 2 is 0.417 bits per heavy atom. The van der Waals surface area contributed by atoms with Crippen molar-refractivity contribution in [3.8, 4) is 66.8 Å². The molecule has 0 aliphatic heterocycles. The van der Waals surface area contributed by atoms with Crippen molar-refractivity contribution < 1.29 is 0 Å². The predicted molar refractivity (Wildman–Crippen MR) is 264 cm³/mol. The van der Waals surface area contributed by atoms with Crippen LogP contribution in [0.25, 0.3) is 72.8 Å². The van der Waals surface area contributed by atoms with Crippen molar-refractivity contribution in [1.29, 1.82) is 0 Å². The van der Waals surface area contributed by atoms with Gasteiger partial charge in [-0.25, -0.2) is 0 Å². The molecule has 0 nitrogen and oxygen atoms in total. The second-order valence-electron chi connectivity index (χ2n) is 21.0. The second-order valence-corrected chi connectivity index (χ2v) is 21.0. The van der Waals surface area contributed by atoms with Gasteiger partial charge in [0.15, 0.2) is 0 Å². The lowest BCUT2D eigenvalue weighted by Gasteiger charge is -2.20. The molecule has 7 aromatic rings. The Balaban J connectivity index is 1.40. The van der Waals surface area contributed by atoms with E-state index in [9.17, 15) is 0 Å². The van der Waals surface area contributed by atoms with Crippen LogP contribution in [-0.4, -0.2) is 0 Å². The van der Waals surface area contributed by atoms with Gasteiger partial charge in [-0.1, -0.05) is 193 Å². The van der Waals surface area contributed by atoms with Crippen LogP contribution in [0.3, 0.4) is 0 Å². The highest BCUT2D eigenvalue weighted by Crippen LogP contribution is 2.40. The van der Waals surface area contributed by atoms with E-state index >= 15 is 0 Å². The number of hydrogen-bond donors (Lipinski definition) is 0. The van der Waals surface area contributed by atoms with Crippen molar-refractivity contribution in [3.05, 3.63) is 186 Å². The molecule has 0 N–H and O–H groups in total. The summed E-state index contributed by atoms with van der Waals surface area (Å²) in [4.78, 5) is 0. The maximum Gasteiger partial charge on any atom is -0.0132 e. The van der Waals surface area contributed by atoms with E-state index in [0.29, 0.717) is 0 Å². The predicted octanol–water partition coefficient (Wildman–Crippen LogP) is 17.5. The average molecular weight is 785 g/mol. The third-order valence-electron chi connectivity index (χ3n) is 12.1. The Bertz CT molecular complexity index is 2290. The van der Waals surface area contributed by atoms with Gasteiger partial charge >= 0.3 is 0 Å². The third kappa shape index (κ3) is 9.50. The Morgan fingerprint density at radius 1 is 0.250 bits per heavy atom. The van der Waals surface area contributed by atoms with E-state index in [0.717, 1.165) is 5.56 Å². The van der Waals surface area contributed by atoms with Gasteiger partial charge in [-0.05, 0) is 171 Å². The van der Waals surface area contributed by atoms with Gasteiger partial charge in [-0.3, -0.25) is 0 Å². The first-order valence-electron chi connectivity index (χ1n) is 21.7. The van der Waals surface area contributed by atoms with E-state index in [1.54, 1.807) is 0 Å². The monoisotopic (exact) mass is 785 g/mol. The van der Waals surface area contributed by atoms with Crippen LogP contribution in [0.2, 0.25) is 0 Å². The van der Waals surface area contributed by atoms with E-state index in [2.05, 4.69) is 241 Å². The van der Waals surface area contributed by atoms with Crippen LogP contribution < -0.4 is 0 Å². The van der Waals surface area contributed by atoms with E-state index in [-0.39, 0.29) is 21.7 Å². The van der Waals surface area contributed by atoms with E-state index in [1.807, 2.05) is 6.08 Å². The van der Waals surface area contributed by atoms with Crippen molar-refractivity contribution in [2.24, 2.45) is 0 Å². The van der Waals surface area contributed by atoms with E-state index < -0.39 is 0 Å². The molecule has 7 aromatic carbocycles. The zero-order valence-electron chi connectivity index (χ0n) is 38.2.